The van der Waals surface area contributed by atoms with E-state index in [1.807, 2.05) is 0 Å². The zero-order valence-corrected chi connectivity index (χ0v) is 9.87. The predicted octanol–water partition coefficient (Wildman–Crippen LogP) is 2.61. The van der Waals surface area contributed by atoms with Gasteiger partial charge in [0.1, 0.15) is 0 Å². The molecule has 1 nitrogen and oxygen atoms in total. The molecule has 0 saturated heterocycles. The molecular formula is C11H18OS. The number of rotatable bonds is 0. The second kappa shape index (κ2) is 5.92. The molecule has 13 heavy (non-hydrogen) atoms. The summed E-state index contributed by atoms with van der Waals surface area (Å²) in [5, 5.41) is 0. The molecule has 0 bridgehead atoms. The van der Waals surface area contributed by atoms with Crippen LogP contribution in [0.3, 0.4) is 0 Å². The van der Waals surface area contributed by atoms with Crippen molar-refractivity contribution in [2.24, 2.45) is 0 Å². The molecule has 0 amide bonds. The van der Waals surface area contributed by atoms with E-state index in [0.29, 0.717) is 0 Å². The molecule has 2 heteroatoms. The van der Waals surface area contributed by atoms with Crippen LogP contribution >= 0.6 is 0 Å². The summed E-state index contributed by atoms with van der Waals surface area (Å²) in [6, 6.07) is 6.50. The largest absolute Gasteiger partial charge is 0.260 e. The summed E-state index contributed by atoms with van der Waals surface area (Å²) >= 11 is 0. The topological polar surface area (TPSA) is 17.1 Å². The maximum absolute atomic E-state index is 9.56. The van der Waals surface area contributed by atoms with Crippen LogP contribution in [0.1, 0.15) is 16.7 Å². The van der Waals surface area contributed by atoms with E-state index in [-0.39, 0.29) is 0 Å². The second-order valence-electron chi connectivity index (χ2n) is 3.33. The van der Waals surface area contributed by atoms with Crippen LogP contribution in [0.5, 0.6) is 0 Å². The van der Waals surface area contributed by atoms with Crippen LogP contribution in [-0.4, -0.2) is 16.7 Å². The lowest BCUT2D eigenvalue weighted by molar-refractivity contribution is 0.690. The van der Waals surface area contributed by atoms with E-state index in [4.69, 9.17) is 0 Å². The van der Waals surface area contributed by atoms with Crippen LogP contribution in [-0.2, 0) is 10.8 Å². The smallest absolute Gasteiger partial charge is 0.0148 e. The highest BCUT2D eigenvalue weighted by atomic mass is 32.2. The summed E-state index contributed by atoms with van der Waals surface area (Å²) in [6.07, 6.45) is 3.28. The lowest BCUT2D eigenvalue weighted by Gasteiger charge is -1.98. The molecule has 0 unspecified atom stereocenters. The van der Waals surface area contributed by atoms with Gasteiger partial charge in [-0.15, -0.1) is 0 Å². The molecule has 1 aromatic rings. The van der Waals surface area contributed by atoms with Gasteiger partial charge >= 0.3 is 0 Å². The van der Waals surface area contributed by atoms with Crippen LogP contribution in [0, 0.1) is 20.8 Å². The summed E-state index contributed by atoms with van der Waals surface area (Å²) in [5.74, 6) is 0. The van der Waals surface area contributed by atoms with Gasteiger partial charge < -0.3 is 0 Å². The first-order valence-corrected chi connectivity index (χ1v) is 6.19. The Morgan fingerprint density at radius 3 is 1.77 bits per heavy atom. The average Bonchev–Trinajstić information content (AvgIpc) is 1.96. The Kier molecular flexibility index (Phi) is 5.63. The van der Waals surface area contributed by atoms with Gasteiger partial charge in [0.2, 0.25) is 0 Å². The average molecular weight is 198 g/mol. The minimum Gasteiger partial charge on any atom is -0.260 e. The molecule has 0 saturated carbocycles. The zero-order valence-electron chi connectivity index (χ0n) is 9.05. The fraction of sp³-hybridized carbons (Fsp3) is 0.455. The molecule has 1 rings (SSSR count). The van der Waals surface area contributed by atoms with E-state index in [9.17, 15) is 4.21 Å². The quantitative estimate of drug-likeness (QED) is 0.626. The molecule has 0 aliphatic carbocycles. The first-order valence-electron chi connectivity index (χ1n) is 4.22. The third kappa shape index (κ3) is 6.52. The first kappa shape index (κ1) is 12.4. The highest BCUT2D eigenvalue weighted by molar-refractivity contribution is 7.83. The van der Waals surface area contributed by atoms with E-state index in [1.54, 1.807) is 12.5 Å². The van der Waals surface area contributed by atoms with Crippen LogP contribution in [0.2, 0.25) is 0 Å². The van der Waals surface area contributed by atoms with Gasteiger partial charge in [-0.3, -0.25) is 4.21 Å². The van der Waals surface area contributed by atoms with Gasteiger partial charge in [-0.1, -0.05) is 23.8 Å². The molecule has 0 fully saturated rings. The monoisotopic (exact) mass is 198 g/mol. The predicted molar refractivity (Wildman–Crippen MR) is 60.6 cm³/mol. The van der Waals surface area contributed by atoms with Gasteiger partial charge in [0.15, 0.2) is 0 Å². The standard InChI is InChI=1S/C9H12.C2H6OS/c1-7-4-5-8(2)9(3)6-7;1-4(2)3/h4-6H,1-3H3;1-2H3. The number of hydrogen-bond acceptors (Lipinski definition) is 1. The van der Waals surface area contributed by atoms with Gasteiger partial charge in [-0.2, -0.15) is 0 Å². The van der Waals surface area contributed by atoms with Crippen molar-refractivity contribution in [2.75, 3.05) is 12.5 Å². The van der Waals surface area contributed by atoms with E-state index < -0.39 is 10.8 Å². The normalized spacial score (nSPS) is 9.38. The summed E-state index contributed by atoms with van der Waals surface area (Å²) in [6.45, 7) is 6.39. The fourth-order valence-electron chi connectivity index (χ4n) is 0.891. The third-order valence-corrected chi connectivity index (χ3v) is 1.66. The van der Waals surface area contributed by atoms with Gasteiger partial charge in [0.05, 0.1) is 0 Å². The molecule has 0 aromatic heterocycles. The molecule has 0 aliphatic rings. The van der Waals surface area contributed by atoms with Gasteiger partial charge in [-0.25, -0.2) is 0 Å². The van der Waals surface area contributed by atoms with Crippen molar-refractivity contribution in [3.63, 3.8) is 0 Å². The molecule has 1 aromatic carbocycles. The van der Waals surface area contributed by atoms with Crippen molar-refractivity contribution >= 4 is 10.8 Å². The molecule has 0 spiro atoms. The van der Waals surface area contributed by atoms with Gasteiger partial charge in [-0.05, 0) is 31.9 Å². The second-order valence-corrected chi connectivity index (χ2v) is 4.81. The maximum Gasteiger partial charge on any atom is 0.0148 e. The van der Waals surface area contributed by atoms with Crippen molar-refractivity contribution in [3.05, 3.63) is 34.9 Å². The summed E-state index contributed by atoms with van der Waals surface area (Å²) in [7, 11) is -0.611. The first-order chi connectivity index (χ1) is 5.93. The van der Waals surface area contributed by atoms with Crippen molar-refractivity contribution in [3.8, 4) is 0 Å². The van der Waals surface area contributed by atoms with E-state index in [1.165, 1.54) is 16.7 Å². The van der Waals surface area contributed by atoms with Crippen molar-refractivity contribution in [1.82, 2.24) is 0 Å². The van der Waals surface area contributed by atoms with Gasteiger partial charge in [0.25, 0.3) is 0 Å². The summed E-state index contributed by atoms with van der Waals surface area (Å²) in [5.41, 5.74) is 4.11. The molecule has 0 N–H and O–H groups in total. The fourth-order valence-corrected chi connectivity index (χ4v) is 0.891. The Morgan fingerprint density at radius 1 is 1.00 bits per heavy atom. The van der Waals surface area contributed by atoms with E-state index in [2.05, 4.69) is 39.0 Å². The van der Waals surface area contributed by atoms with Crippen molar-refractivity contribution in [2.45, 2.75) is 20.8 Å². The lowest BCUT2D eigenvalue weighted by atomic mass is 10.1. The minimum absolute atomic E-state index is 0.611. The zero-order chi connectivity index (χ0) is 10.4. The van der Waals surface area contributed by atoms with Crippen molar-refractivity contribution in [1.29, 1.82) is 0 Å². The van der Waals surface area contributed by atoms with Crippen LogP contribution in [0.4, 0.5) is 0 Å². The molecule has 0 radical (unpaired) electrons. The van der Waals surface area contributed by atoms with E-state index in [0.717, 1.165) is 0 Å². The Morgan fingerprint density at radius 2 is 1.46 bits per heavy atom. The highest BCUT2D eigenvalue weighted by Crippen LogP contribution is 2.07. The Bertz CT molecular complexity index is 288. The maximum atomic E-state index is 9.56. The van der Waals surface area contributed by atoms with Gasteiger partial charge in [0, 0.05) is 23.3 Å². The Labute approximate surface area is 83.6 Å². The molecule has 74 valence electrons. The third-order valence-electron chi connectivity index (χ3n) is 1.66. The number of aryl methyl sites for hydroxylation is 3. The van der Waals surface area contributed by atoms with E-state index >= 15 is 0 Å². The molecular weight excluding hydrogens is 180 g/mol. The summed E-state index contributed by atoms with van der Waals surface area (Å²) in [4.78, 5) is 0. The molecule has 0 aliphatic heterocycles. The van der Waals surface area contributed by atoms with Crippen LogP contribution in [0.15, 0.2) is 18.2 Å². The van der Waals surface area contributed by atoms with Crippen LogP contribution < -0.4 is 0 Å². The Balaban J connectivity index is 0.000000310. The Hall–Kier alpha value is -0.630. The van der Waals surface area contributed by atoms with Crippen molar-refractivity contribution < 1.29 is 4.21 Å². The minimum atomic E-state index is -0.611. The summed E-state index contributed by atoms with van der Waals surface area (Å²) < 4.78 is 9.56. The number of hydrogen-bond donors (Lipinski definition) is 0. The molecule has 0 heterocycles. The number of benzene rings is 1. The SMILES string of the molecule is CS(C)=O.Cc1ccc(C)c(C)c1. The lowest BCUT2D eigenvalue weighted by Crippen LogP contribution is -1.79. The molecule has 0 atom stereocenters. The highest BCUT2D eigenvalue weighted by Gasteiger charge is 1.89. The van der Waals surface area contributed by atoms with Crippen LogP contribution in [0.25, 0.3) is 0 Å².